The van der Waals surface area contributed by atoms with Gasteiger partial charge >= 0.3 is 0 Å². The number of carbonyl (C=O) groups excluding carboxylic acids is 1. The molecule has 6 heteroatoms. The van der Waals surface area contributed by atoms with Crippen molar-refractivity contribution in [1.29, 1.82) is 0 Å². The molecule has 1 aromatic carbocycles. The van der Waals surface area contributed by atoms with Gasteiger partial charge in [-0.15, -0.1) is 0 Å². The minimum absolute atomic E-state index is 0.00586. The fourth-order valence-electron chi connectivity index (χ4n) is 4.41. The molecule has 6 nitrogen and oxygen atoms in total. The summed E-state index contributed by atoms with van der Waals surface area (Å²) in [4.78, 5) is 31.9. The first-order chi connectivity index (χ1) is 14.4. The van der Waals surface area contributed by atoms with Crippen LogP contribution in [0.15, 0.2) is 16.9 Å². The smallest absolute Gasteiger partial charge is 0.272 e. The number of fused-ring (bicyclic) bond motifs is 1. The van der Waals surface area contributed by atoms with E-state index in [0.717, 1.165) is 35.1 Å². The third-order valence-electron chi connectivity index (χ3n) is 6.49. The summed E-state index contributed by atoms with van der Waals surface area (Å²) in [6.45, 7) is 7.86. The fourth-order valence-corrected chi connectivity index (χ4v) is 4.41. The molecule has 1 heterocycles. The van der Waals surface area contributed by atoms with Crippen molar-refractivity contribution in [3.05, 3.63) is 39.3 Å². The van der Waals surface area contributed by atoms with Crippen molar-refractivity contribution in [2.24, 2.45) is 0 Å². The van der Waals surface area contributed by atoms with Crippen LogP contribution in [0, 0.1) is 20.8 Å². The van der Waals surface area contributed by atoms with Gasteiger partial charge in [0.1, 0.15) is 5.69 Å². The maximum absolute atomic E-state index is 12.6. The van der Waals surface area contributed by atoms with Gasteiger partial charge in [0.2, 0.25) is 5.91 Å². The summed E-state index contributed by atoms with van der Waals surface area (Å²) in [6, 6.07) is 4.71. The van der Waals surface area contributed by atoms with E-state index in [4.69, 9.17) is 0 Å². The van der Waals surface area contributed by atoms with E-state index in [-0.39, 0.29) is 11.5 Å². The molecule has 1 amide bonds. The molecule has 164 valence electrons. The Morgan fingerprint density at radius 3 is 2.60 bits per heavy atom. The quantitative estimate of drug-likeness (QED) is 0.674. The average Bonchev–Trinajstić information content (AvgIpc) is 2.73. The van der Waals surface area contributed by atoms with E-state index >= 15 is 0 Å². The van der Waals surface area contributed by atoms with Crippen molar-refractivity contribution in [2.75, 3.05) is 20.1 Å². The van der Waals surface area contributed by atoms with Gasteiger partial charge in [-0.25, -0.2) is 4.98 Å². The Balaban J connectivity index is 1.52. The van der Waals surface area contributed by atoms with E-state index in [1.54, 1.807) is 11.5 Å². The molecule has 0 aliphatic heterocycles. The highest BCUT2D eigenvalue weighted by Gasteiger charge is 2.17. The molecule has 1 aliphatic rings. The first-order valence-corrected chi connectivity index (χ1v) is 11.3. The molecular weight excluding hydrogens is 376 g/mol. The SMILES string of the molecule is Cc1cc2nc(C)c(=O)n(CCC(=O)NCCCN(C)C3CCCCC3)c2cc1C. The van der Waals surface area contributed by atoms with E-state index in [9.17, 15) is 9.59 Å². The van der Waals surface area contributed by atoms with Crippen molar-refractivity contribution in [2.45, 2.75) is 78.3 Å². The molecule has 0 atom stereocenters. The van der Waals surface area contributed by atoms with Gasteiger partial charge in [-0.05, 0) is 76.9 Å². The zero-order valence-corrected chi connectivity index (χ0v) is 19.0. The number of aryl methyl sites for hydroxylation is 4. The Morgan fingerprint density at radius 1 is 1.17 bits per heavy atom. The Kier molecular flexibility index (Phi) is 7.64. The molecule has 2 aromatic rings. The number of nitrogens with one attached hydrogen (secondary N) is 1. The van der Waals surface area contributed by atoms with Gasteiger partial charge in [-0.2, -0.15) is 0 Å². The van der Waals surface area contributed by atoms with Crippen LogP contribution in [0.3, 0.4) is 0 Å². The number of aromatic nitrogens is 2. The molecule has 0 bridgehead atoms. The van der Waals surface area contributed by atoms with Gasteiger partial charge in [-0.1, -0.05) is 19.3 Å². The van der Waals surface area contributed by atoms with Crippen molar-refractivity contribution in [3.63, 3.8) is 0 Å². The minimum Gasteiger partial charge on any atom is -0.356 e. The molecule has 1 aliphatic carbocycles. The molecule has 30 heavy (non-hydrogen) atoms. The Labute approximate surface area is 179 Å². The lowest BCUT2D eigenvalue weighted by atomic mass is 9.94. The maximum atomic E-state index is 12.6. The van der Waals surface area contributed by atoms with Gasteiger partial charge < -0.3 is 14.8 Å². The topological polar surface area (TPSA) is 67.2 Å². The van der Waals surface area contributed by atoms with Crippen molar-refractivity contribution >= 4 is 16.9 Å². The normalized spacial score (nSPS) is 15.1. The highest BCUT2D eigenvalue weighted by Crippen LogP contribution is 2.21. The first kappa shape index (κ1) is 22.5. The maximum Gasteiger partial charge on any atom is 0.272 e. The van der Waals surface area contributed by atoms with E-state index < -0.39 is 0 Å². The van der Waals surface area contributed by atoms with Crippen molar-refractivity contribution in [1.82, 2.24) is 19.8 Å². The van der Waals surface area contributed by atoms with Gasteiger partial charge in [0.05, 0.1) is 11.0 Å². The average molecular weight is 413 g/mol. The predicted molar refractivity (Wildman–Crippen MR) is 122 cm³/mol. The number of benzene rings is 1. The van der Waals surface area contributed by atoms with Gasteiger partial charge in [0.25, 0.3) is 5.56 Å². The van der Waals surface area contributed by atoms with Crippen LogP contribution >= 0.6 is 0 Å². The number of carbonyl (C=O) groups is 1. The molecule has 1 N–H and O–H groups in total. The molecule has 0 spiro atoms. The Bertz CT molecular complexity index is 944. The lowest BCUT2D eigenvalue weighted by Gasteiger charge is -2.31. The molecular formula is C24H36N4O2. The van der Waals surface area contributed by atoms with Crippen molar-refractivity contribution in [3.8, 4) is 0 Å². The van der Waals surface area contributed by atoms with E-state index in [0.29, 0.717) is 31.2 Å². The third-order valence-corrected chi connectivity index (χ3v) is 6.49. The van der Waals surface area contributed by atoms with E-state index in [2.05, 4.69) is 22.2 Å². The summed E-state index contributed by atoms with van der Waals surface area (Å²) in [5, 5.41) is 3.02. The van der Waals surface area contributed by atoms with Gasteiger partial charge in [0.15, 0.2) is 0 Å². The van der Waals surface area contributed by atoms with Crippen LogP contribution in [0.4, 0.5) is 0 Å². The number of nitrogens with zero attached hydrogens (tertiary/aromatic N) is 3. The summed E-state index contributed by atoms with van der Waals surface area (Å²) in [5.41, 5.74) is 4.23. The molecule has 1 aromatic heterocycles. The standard InChI is InChI=1S/C24H36N4O2/c1-17-15-21-22(16-18(17)2)28(24(30)19(3)26-21)14-11-23(29)25-12-8-13-27(4)20-9-6-5-7-10-20/h15-16,20H,5-14H2,1-4H3,(H,25,29). The highest BCUT2D eigenvalue weighted by atomic mass is 16.1. The van der Waals surface area contributed by atoms with Crippen LogP contribution in [0.1, 0.15) is 61.8 Å². The van der Waals surface area contributed by atoms with Crippen molar-refractivity contribution < 1.29 is 4.79 Å². The molecule has 0 radical (unpaired) electrons. The zero-order valence-electron chi connectivity index (χ0n) is 19.0. The predicted octanol–water partition coefficient (Wildman–Crippen LogP) is 3.48. The molecule has 1 fully saturated rings. The van der Waals surface area contributed by atoms with E-state index in [1.165, 1.54) is 32.1 Å². The van der Waals surface area contributed by atoms with E-state index in [1.807, 2.05) is 26.0 Å². The molecule has 1 saturated carbocycles. The summed E-state index contributed by atoms with van der Waals surface area (Å²) >= 11 is 0. The molecule has 0 saturated heterocycles. The second kappa shape index (κ2) is 10.2. The largest absolute Gasteiger partial charge is 0.356 e. The second-order valence-electron chi connectivity index (χ2n) is 8.81. The summed E-state index contributed by atoms with van der Waals surface area (Å²) in [7, 11) is 2.20. The van der Waals surface area contributed by atoms with Crippen LogP contribution in [-0.4, -0.2) is 46.5 Å². The number of hydrogen-bond acceptors (Lipinski definition) is 4. The Morgan fingerprint density at radius 2 is 1.87 bits per heavy atom. The van der Waals surface area contributed by atoms with Crippen LogP contribution in [0.5, 0.6) is 0 Å². The number of rotatable bonds is 8. The van der Waals surface area contributed by atoms with Crippen LogP contribution in [-0.2, 0) is 11.3 Å². The minimum atomic E-state index is -0.118. The number of amides is 1. The third kappa shape index (κ3) is 5.48. The fraction of sp³-hybridized carbons (Fsp3) is 0.625. The van der Waals surface area contributed by atoms with Gasteiger partial charge in [-0.3, -0.25) is 9.59 Å². The zero-order chi connectivity index (χ0) is 21.7. The van der Waals surface area contributed by atoms with Gasteiger partial charge in [0, 0.05) is 25.6 Å². The first-order valence-electron chi connectivity index (χ1n) is 11.3. The Hall–Kier alpha value is -2.21. The summed E-state index contributed by atoms with van der Waals surface area (Å²) in [5.74, 6) is -0.00586. The monoisotopic (exact) mass is 412 g/mol. The van der Waals surface area contributed by atoms with Crippen LogP contribution in [0.2, 0.25) is 0 Å². The number of hydrogen-bond donors (Lipinski definition) is 1. The summed E-state index contributed by atoms with van der Waals surface area (Å²) < 4.78 is 1.69. The lowest BCUT2D eigenvalue weighted by Crippen LogP contribution is -2.36. The molecule has 3 rings (SSSR count). The highest BCUT2D eigenvalue weighted by molar-refractivity contribution is 5.78. The molecule has 0 unspecified atom stereocenters. The summed E-state index contributed by atoms with van der Waals surface area (Å²) in [6.07, 6.45) is 7.90. The van der Waals surface area contributed by atoms with Crippen LogP contribution < -0.4 is 10.9 Å². The second-order valence-corrected chi connectivity index (χ2v) is 8.81. The lowest BCUT2D eigenvalue weighted by molar-refractivity contribution is -0.121. The van der Waals surface area contributed by atoms with Crippen LogP contribution in [0.25, 0.3) is 11.0 Å².